The maximum atomic E-state index is 10.7. The average Bonchev–Trinajstić information content (AvgIpc) is 2.02. The zero-order valence-electron chi connectivity index (χ0n) is 10.0. The van der Waals surface area contributed by atoms with Gasteiger partial charge in [-0.05, 0) is 20.9 Å². The second-order valence-electron chi connectivity index (χ2n) is 4.76. The first kappa shape index (κ1) is 13.6. The lowest BCUT2D eigenvalue weighted by atomic mass is 9.95. The van der Waals surface area contributed by atoms with E-state index in [1.54, 1.807) is 0 Å². The molecule has 0 fully saturated rings. The Morgan fingerprint density at radius 2 is 2.00 bits per heavy atom. The van der Waals surface area contributed by atoms with Gasteiger partial charge in [-0.3, -0.25) is 0 Å². The van der Waals surface area contributed by atoms with Crippen LogP contribution in [0.15, 0.2) is 0 Å². The van der Waals surface area contributed by atoms with E-state index in [0.29, 0.717) is 0 Å². The van der Waals surface area contributed by atoms with E-state index in [2.05, 4.69) is 4.90 Å². The molecule has 84 valence electrons. The number of likely N-dealkylation sites (N-methyl/N-ethyl adjacent to an activating group) is 1. The number of rotatable bonds is 7. The minimum absolute atomic E-state index is 0.257. The summed E-state index contributed by atoms with van der Waals surface area (Å²) >= 11 is 0. The lowest BCUT2D eigenvalue weighted by molar-refractivity contribution is -0.115. The molecule has 0 heterocycles. The largest absolute Gasteiger partial charge is 0.377 e. The van der Waals surface area contributed by atoms with Gasteiger partial charge in [0.05, 0.1) is 12.7 Å². The summed E-state index contributed by atoms with van der Waals surface area (Å²) < 4.78 is 5.43. The Balaban J connectivity index is 3.65. The Hall–Kier alpha value is -0.410. The minimum atomic E-state index is -0.257. The van der Waals surface area contributed by atoms with Crippen LogP contribution in [-0.4, -0.2) is 44.0 Å². The van der Waals surface area contributed by atoms with E-state index in [1.165, 1.54) is 0 Å². The van der Waals surface area contributed by atoms with Gasteiger partial charge >= 0.3 is 0 Å². The van der Waals surface area contributed by atoms with Crippen molar-refractivity contribution in [3.63, 3.8) is 0 Å². The van der Waals surface area contributed by atoms with E-state index in [-0.39, 0.29) is 11.5 Å². The van der Waals surface area contributed by atoms with Gasteiger partial charge in [0.1, 0.15) is 6.29 Å². The van der Waals surface area contributed by atoms with Crippen molar-refractivity contribution in [1.82, 2.24) is 4.90 Å². The van der Waals surface area contributed by atoms with E-state index in [9.17, 15) is 4.79 Å². The summed E-state index contributed by atoms with van der Waals surface area (Å²) in [5.74, 6) is 0. The topological polar surface area (TPSA) is 29.5 Å². The fourth-order valence-electron chi connectivity index (χ4n) is 1.26. The van der Waals surface area contributed by atoms with Crippen LogP contribution in [0.5, 0.6) is 0 Å². The Morgan fingerprint density at radius 1 is 1.43 bits per heavy atom. The van der Waals surface area contributed by atoms with E-state index in [0.717, 1.165) is 26.0 Å². The molecule has 0 aromatic heterocycles. The molecule has 0 amide bonds. The van der Waals surface area contributed by atoms with Crippen molar-refractivity contribution < 1.29 is 9.53 Å². The standard InChI is InChI=1S/C11H23NO2/c1-10(2)14-7-6-12(5)8-11(3,4)9-13/h9-10H,6-8H2,1-5H3. The van der Waals surface area contributed by atoms with Gasteiger partial charge in [-0.1, -0.05) is 13.8 Å². The molecule has 3 heteroatoms. The molecule has 0 saturated carbocycles. The molecule has 0 aliphatic heterocycles. The summed E-state index contributed by atoms with van der Waals surface area (Å²) in [6, 6.07) is 0. The third-order valence-corrected chi connectivity index (χ3v) is 1.92. The van der Waals surface area contributed by atoms with Gasteiger partial charge in [0.2, 0.25) is 0 Å². The molecule has 0 N–H and O–H groups in total. The molecule has 0 aliphatic rings. The summed E-state index contributed by atoms with van der Waals surface area (Å²) in [4.78, 5) is 12.8. The molecule has 0 bridgehead atoms. The summed E-state index contributed by atoms with van der Waals surface area (Å²) in [5.41, 5.74) is -0.257. The highest BCUT2D eigenvalue weighted by Crippen LogP contribution is 2.11. The minimum Gasteiger partial charge on any atom is -0.377 e. The quantitative estimate of drug-likeness (QED) is 0.586. The van der Waals surface area contributed by atoms with Crippen molar-refractivity contribution in [3.8, 4) is 0 Å². The second kappa shape index (κ2) is 6.14. The van der Waals surface area contributed by atoms with Crippen LogP contribution >= 0.6 is 0 Å². The highest BCUT2D eigenvalue weighted by Gasteiger charge is 2.18. The Kier molecular flexibility index (Phi) is 5.96. The van der Waals surface area contributed by atoms with Gasteiger partial charge < -0.3 is 14.4 Å². The molecule has 0 aliphatic carbocycles. The molecule has 0 aromatic rings. The third-order valence-electron chi connectivity index (χ3n) is 1.92. The maximum Gasteiger partial charge on any atom is 0.126 e. The second-order valence-corrected chi connectivity index (χ2v) is 4.76. The number of carbonyl (C=O) groups excluding carboxylic acids is 1. The van der Waals surface area contributed by atoms with E-state index in [1.807, 2.05) is 34.7 Å². The maximum absolute atomic E-state index is 10.7. The third kappa shape index (κ3) is 7.04. The first-order valence-corrected chi connectivity index (χ1v) is 5.14. The summed E-state index contributed by atoms with van der Waals surface area (Å²) in [6.07, 6.45) is 1.29. The molecule has 0 aromatic carbocycles. The zero-order chi connectivity index (χ0) is 11.2. The van der Waals surface area contributed by atoms with Gasteiger partial charge in [-0.15, -0.1) is 0 Å². The van der Waals surface area contributed by atoms with Crippen LogP contribution in [0.25, 0.3) is 0 Å². The van der Waals surface area contributed by atoms with Gasteiger partial charge in [0.15, 0.2) is 0 Å². The molecule has 14 heavy (non-hydrogen) atoms. The average molecular weight is 201 g/mol. The SMILES string of the molecule is CC(C)OCCN(C)CC(C)(C)C=O. The summed E-state index contributed by atoms with van der Waals surface area (Å²) in [5, 5.41) is 0. The lowest BCUT2D eigenvalue weighted by Crippen LogP contribution is -2.34. The molecule has 0 spiro atoms. The fraction of sp³-hybridized carbons (Fsp3) is 0.909. The van der Waals surface area contributed by atoms with Crippen molar-refractivity contribution in [2.45, 2.75) is 33.8 Å². The van der Waals surface area contributed by atoms with Crippen LogP contribution in [0.4, 0.5) is 0 Å². The lowest BCUT2D eigenvalue weighted by Gasteiger charge is -2.25. The Bertz CT molecular complexity index is 167. The molecule has 0 rings (SSSR count). The molecular weight excluding hydrogens is 178 g/mol. The first-order valence-electron chi connectivity index (χ1n) is 5.14. The molecule has 0 radical (unpaired) electrons. The number of ether oxygens (including phenoxy) is 1. The van der Waals surface area contributed by atoms with Gasteiger partial charge in [-0.2, -0.15) is 0 Å². The van der Waals surface area contributed by atoms with Crippen molar-refractivity contribution in [3.05, 3.63) is 0 Å². The van der Waals surface area contributed by atoms with Crippen LogP contribution in [0, 0.1) is 5.41 Å². The monoisotopic (exact) mass is 201 g/mol. The van der Waals surface area contributed by atoms with Crippen molar-refractivity contribution in [2.24, 2.45) is 5.41 Å². The number of hydrogen-bond donors (Lipinski definition) is 0. The summed E-state index contributed by atoms with van der Waals surface area (Å²) in [7, 11) is 2.01. The number of carbonyl (C=O) groups is 1. The predicted molar refractivity (Wildman–Crippen MR) is 58.4 cm³/mol. The zero-order valence-corrected chi connectivity index (χ0v) is 10.0. The number of nitrogens with zero attached hydrogens (tertiary/aromatic N) is 1. The normalized spacial score (nSPS) is 12.5. The molecule has 0 atom stereocenters. The molecular formula is C11H23NO2. The Labute approximate surface area is 87.4 Å². The van der Waals surface area contributed by atoms with Crippen LogP contribution in [0.3, 0.4) is 0 Å². The molecule has 3 nitrogen and oxygen atoms in total. The van der Waals surface area contributed by atoms with Crippen LogP contribution in [0.1, 0.15) is 27.7 Å². The highest BCUT2D eigenvalue weighted by molar-refractivity contribution is 5.58. The number of hydrogen-bond acceptors (Lipinski definition) is 3. The van der Waals surface area contributed by atoms with Crippen molar-refractivity contribution in [2.75, 3.05) is 26.7 Å². The smallest absolute Gasteiger partial charge is 0.126 e. The van der Waals surface area contributed by atoms with Crippen LogP contribution in [0.2, 0.25) is 0 Å². The Morgan fingerprint density at radius 3 is 2.43 bits per heavy atom. The number of aldehydes is 1. The van der Waals surface area contributed by atoms with E-state index < -0.39 is 0 Å². The van der Waals surface area contributed by atoms with Gasteiger partial charge in [0, 0.05) is 18.5 Å². The van der Waals surface area contributed by atoms with E-state index >= 15 is 0 Å². The first-order chi connectivity index (χ1) is 6.37. The van der Waals surface area contributed by atoms with Crippen LogP contribution < -0.4 is 0 Å². The summed E-state index contributed by atoms with van der Waals surface area (Å²) in [6.45, 7) is 10.3. The van der Waals surface area contributed by atoms with Gasteiger partial charge in [-0.25, -0.2) is 0 Å². The van der Waals surface area contributed by atoms with Crippen molar-refractivity contribution in [1.29, 1.82) is 0 Å². The molecule has 0 saturated heterocycles. The van der Waals surface area contributed by atoms with Gasteiger partial charge in [0.25, 0.3) is 0 Å². The van der Waals surface area contributed by atoms with Crippen molar-refractivity contribution >= 4 is 6.29 Å². The van der Waals surface area contributed by atoms with Crippen LogP contribution in [-0.2, 0) is 9.53 Å². The highest BCUT2D eigenvalue weighted by atomic mass is 16.5. The fourth-order valence-corrected chi connectivity index (χ4v) is 1.26. The molecule has 0 unspecified atom stereocenters. The predicted octanol–water partition coefficient (Wildman–Crippen LogP) is 1.57. The van der Waals surface area contributed by atoms with E-state index in [4.69, 9.17) is 4.74 Å².